The van der Waals surface area contributed by atoms with Gasteiger partial charge in [-0.15, -0.1) is 0 Å². The lowest BCUT2D eigenvalue weighted by molar-refractivity contribution is -0.136. The number of amides is 1. The number of ketones is 1. The van der Waals surface area contributed by atoms with E-state index in [-0.39, 0.29) is 24.2 Å². The molecule has 2 aromatic heterocycles. The molecular weight excluding hydrogens is 330 g/mol. The summed E-state index contributed by atoms with van der Waals surface area (Å²) in [6, 6.07) is 7.92. The van der Waals surface area contributed by atoms with Crippen LogP contribution in [0.4, 0.5) is 0 Å². The minimum absolute atomic E-state index is 0.0121. The van der Waals surface area contributed by atoms with Crippen LogP contribution in [0.1, 0.15) is 40.4 Å². The Morgan fingerprint density at radius 2 is 1.96 bits per heavy atom. The number of hydrogen-bond acceptors (Lipinski definition) is 4. The molecule has 1 fully saturated rings. The Hall–Kier alpha value is -2.96. The summed E-state index contributed by atoms with van der Waals surface area (Å²) in [6.45, 7) is 6.61. The van der Waals surface area contributed by atoms with E-state index in [1.807, 2.05) is 36.1 Å². The normalized spacial score (nSPS) is 14.7. The van der Waals surface area contributed by atoms with Crippen molar-refractivity contribution in [1.29, 1.82) is 0 Å². The van der Waals surface area contributed by atoms with Gasteiger partial charge in [0.2, 0.25) is 5.91 Å². The Balaban J connectivity index is 1.42. The number of likely N-dealkylation sites (tertiary alicyclic amines) is 1. The van der Waals surface area contributed by atoms with Gasteiger partial charge in [0, 0.05) is 18.8 Å². The molecule has 0 spiro atoms. The Labute approximate surface area is 151 Å². The Kier molecular flexibility index (Phi) is 3.86. The molecule has 1 aliphatic rings. The molecule has 0 unspecified atom stereocenters. The SMILES string of the molecule is CC(=O)c1c(C)nn(CC(=O)N2CC(c3nc4ccccc4[nH]3)C2)c1C. The van der Waals surface area contributed by atoms with Crippen molar-refractivity contribution < 1.29 is 9.59 Å². The van der Waals surface area contributed by atoms with Crippen molar-refractivity contribution in [2.45, 2.75) is 33.2 Å². The summed E-state index contributed by atoms with van der Waals surface area (Å²) in [7, 11) is 0. The van der Waals surface area contributed by atoms with E-state index in [9.17, 15) is 9.59 Å². The molecule has 1 aliphatic heterocycles. The van der Waals surface area contributed by atoms with E-state index < -0.39 is 0 Å². The van der Waals surface area contributed by atoms with E-state index >= 15 is 0 Å². The second kappa shape index (κ2) is 6.09. The molecule has 1 saturated heterocycles. The number of aromatic amines is 1. The zero-order valence-electron chi connectivity index (χ0n) is 15.1. The zero-order chi connectivity index (χ0) is 18.4. The molecule has 1 N–H and O–H groups in total. The maximum atomic E-state index is 12.5. The van der Waals surface area contributed by atoms with Crippen LogP contribution in [0.15, 0.2) is 24.3 Å². The smallest absolute Gasteiger partial charge is 0.244 e. The van der Waals surface area contributed by atoms with E-state index in [0.29, 0.717) is 24.3 Å². The lowest BCUT2D eigenvalue weighted by Gasteiger charge is -2.38. The quantitative estimate of drug-likeness (QED) is 0.731. The van der Waals surface area contributed by atoms with Gasteiger partial charge in [-0.25, -0.2) is 4.98 Å². The Morgan fingerprint density at radius 3 is 2.62 bits per heavy atom. The number of imidazole rings is 1. The van der Waals surface area contributed by atoms with Gasteiger partial charge in [0.15, 0.2) is 5.78 Å². The van der Waals surface area contributed by atoms with Crippen LogP contribution >= 0.6 is 0 Å². The van der Waals surface area contributed by atoms with Gasteiger partial charge in [-0.3, -0.25) is 14.3 Å². The standard InChI is InChI=1S/C19H21N5O2/c1-11-18(13(3)25)12(2)24(22-11)10-17(26)23-8-14(9-23)19-20-15-6-4-5-7-16(15)21-19/h4-7,14H,8-10H2,1-3H3,(H,20,21). The fraction of sp³-hybridized carbons (Fsp3) is 0.368. The van der Waals surface area contributed by atoms with Crippen molar-refractivity contribution in [3.63, 3.8) is 0 Å². The van der Waals surface area contributed by atoms with Crippen LogP contribution in [-0.2, 0) is 11.3 Å². The van der Waals surface area contributed by atoms with E-state index in [0.717, 1.165) is 22.6 Å². The summed E-state index contributed by atoms with van der Waals surface area (Å²) < 4.78 is 1.63. The fourth-order valence-electron chi connectivity index (χ4n) is 3.61. The van der Waals surface area contributed by atoms with Crippen molar-refractivity contribution in [2.24, 2.45) is 0 Å². The van der Waals surface area contributed by atoms with Gasteiger partial charge in [0.25, 0.3) is 0 Å². The molecule has 7 heteroatoms. The van der Waals surface area contributed by atoms with Crippen LogP contribution in [0, 0.1) is 13.8 Å². The summed E-state index contributed by atoms with van der Waals surface area (Å²) in [5.41, 5.74) is 4.00. The number of rotatable bonds is 4. The number of benzene rings is 1. The molecule has 134 valence electrons. The number of Topliss-reactive ketones (excluding diaryl/α,β-unsaturated/α-hetero) is 1. The topological polar surface area (TPSA) is 83.9 Å². The summed E-state index contributed by atoms with van der Waals surface area (Å²) in [5, 5.41) is 4.35. The molecule has 0 bridgehead atoms. The number of H-pyrrole nitrogens is 1. The second-order valence-electron chi connectivity index (χ2n) is 6.89. The maximum absolute atomic E-state index is 12.5. The third-order valence-corrected chi connectivity index (χ3v) is 5.05. The molecule has 0 saturated carbocycles. The summed E-state index contributed by atoms with van der Waals surface area (Å²) >= 11 is 0. The van der Waals surface area contributed by atoms with E-state index in [4.69, 9.17) is 0 Å². The van der Waals surface area contributed by atoms with Gasteiger partial charge in [-0.05, 0) is 32.9 Å². The first-order chi connectivity index (χ1) is 12.4. The first kappa shape index (κ1) is 16.5. The van der Waals surface area contributed by atoms with Crippen LogP contribution in [0.2, 0.25) is 0 Å². The van der Waals surface area contributed by atoms with E-state index in [1.165, 1.54) is 6.92 Å². The number of nitrogens with one attached hydrogen (secondary N) is 1. The highest BCUT2D eigenvalue weighted by Gasteiger charge is 2.34. The van der Waals surface area contributed by atoms with Crippen molar-refractivity contribution in [3.8, 4) is 0 Å². The second-order valence-corrected chi connectivity index (χ2v) is 6.89. The summed E-state index contributed by atoms with van der Waals surface area (Å²) in [4.78, 5) is 34.0. The molecule has 0 radical (unpaired) electrons. The molecular formula is C19H21N5O2. The lowest BCUT2D eigenvalue weighted by Crippen LogP contribution is -2.50. The first-order valence-electron chi connectivity index (χ1n) is 8.71. The highest BCUT2D eigenvalue weighted by Crippen LogP contribution is 2.27. The number of para-hydroxylation sites is 2. The number of fused-ring (bicyclic) bond motifs is 1. The van der Waals surface area contributed by atoms with Crippen molar-refractivity contribution in [3.05, 3.63) is 47.0 Å². The van der Waals surface area contributed by atoms with Crippen LogP contribution in [0.25, 0.3) is 11.0 Å². The minimum atomic E-state index is -0.0207. The Morgan fingerprint density at radius 1 is 1.23 bits per heavy atom. The average molecular weight is 351 g/mol. The van der Waals surface area contributed by atoms with Gasteiger partial charge in [0.05, 0.1) is 28.2 Å². The molecule has 1 aromatic carbocycles. The predicted octanol–water partition coefficient (Wildman–Crippen LogP) is 2.20. The largest absolute Gasteiger partial charge is 0.342 e. The van der Waals surface area contributed by atoms with Gasteiger partial charge < -0.3 is 9.88 Å². The van der Waals surface area contributed by atoms with E-state index in [1.54, 1.807) is 11.6 Å². The van der Waals surface area contributed by atoms with Gasteiger partial charge in [0.1, 0.15) is 12.4 Å². The highest BCUT2D eigenvalue weighted by molar-refractivity contribution is 5.96. The fourth-order valence-corrected chi connectivity index (χ4v) is 3.61. The number of aryl methyl sites for hydroxylation is 1. The van der Waals surface area contributed by atoms with Crippen molar-refractivity contribution in [1.82, 2.24) is 24.6 Å². The average Bonchev–Trinajstić information content (AvgIpc) is 3.06. The molecule has 1 amide bonds. The van der Waals surface area contributed by atoms with Crippen molar-refractivity contribution in [2.75, 3.05) is 13.1 Å². The number of hydrogen-bond donors (Lipinski definition) is 1. The van der Waals surface area contributed by atoms with Gasteiger partial charge >= 0.3 is 0 Å². The third kappa shape index (κ3) is 2.69. The van der Waals surface area contributed by atoms with Crippen LogP contribution in [-0.4, -0.2) is 49.4 Å². The van der Waals surface area contributed by atoms with Crippen LogP contribution in [0.5, 0.6) is 0 Å². The van der Waals surface area contributed by atoms with Crippen molar-refractivity contribution >= 4 is 22.7 Å². The van der Waals surface area contributed by atoms with Crippen LogP contribution in [0.3, 0.4) is 0 Å². The molecule has 0 atom stereocenters. The minimum Gasteiger partial charge on any atom is -0.342 e. The summed E-state index contributed by atoms with van der Waals surface area (Å²) in [5.74, 6) is 1.16. The maximum Gasteiger partial charge on any atom is 0.244 e. The molecule has 0 aliphatic carbocycles. The Bertz CT molecular complexity index is 977. The van der Waals surface area contributed by atoms with Crippen LogP contribution < -0.4 is 0 Å². The molecule has 26 heavy (non-hydrogen) atoms. The number of carbonyl (C=O) groups is 2. The monoisotopic (exact) mass is 351 g/mol. The highest BCUT2D eigenvalue weighted by atomic mass is 16.2. The first-order valence-corrected chi connectivity index (χ1v) is 8.71. The number of nitrogens with zero attached hydrogens (tertiary/aromatic N) is 4. The number of aromatic nitrogens is 4. The van der Waals surface area contributed by atoms with E-state index in [2.05, 4.69) is 15.1 Å². The lowest BCUT2D eigenvalue weighted by atomic mass is 9.99. The predicted molar refractivity (Wildman–Crippen MR) is 97.1 cm³/mol. The molecule has 4 rings (SSSR count). The molecule has 3 heterocycles. The third-order valence-electron chi connectivity index (χ3n) is 5.05. The molecule has 7 nitrogen and oxygen atoms in total. The number of carbonyl (C=O) groups excluding carboxylic acids is 2. The van der Waals surface area contributed by atoms with Gasteiger partial charge in [-0.1, -0.05) is 12.1 Å². The molecule has 3 aromatic rings. The van der Waals surface area contributed by atoms with Gasteiger partial charge in [-0.2, -0.15) is 5.10 Å². The summed E-state index contributed by atoms with van der Waals surface area (Å²) in [6.07, 6.45) is 0. The zero-order valence-corrected chi connectivity index (χ0v) is 15.1.